The first-order chi connectivity index (χ1) is 63.2. The number of carboxylic acid groups (broad SMARTS) is 3. The third kappa shape index (κ3) is 46.0. The molecule has 0 saturated carbocycles. The van der Waals surface area contributed by atoms with Crippen LogP contribution in [0, 0.1) is 5.92 Å². The molecule has 12 amide bonds. The number of primary amides is 2. The normalized spacial score (nSPS) is 12.9. The molecule has 0 fully saturated rings. The first-order valence-electron chi connectivity index (χ1n) is 43.2. The highest BCUT2D eigenvalue weighted by Crippen LogP contribution is 2.23. The average Bonchev–Trinajstić information content (AvgIpc) is 1.03. The van der Waals surface area contributed by atoms with Crippen molar-refractivity contribution < 1.29 is 135 Å². The van der Waals surface area contributed by atoms with E-state index in [1.807, 2.05) is 0 Å². The molecule has 0 saturated heterocycles. The Kier molecular flexibility index (Phi) is 51.7. The van der Waals surface area contributed by atoms with E-state index in [-0.39, 0.29) is 112 Å². The highest BCUT2D eigenvalue weighted by molar-refractivity contribution is 6.02. The second kappa shape index (κ2) is 62.3. The van der Waals surface area contributed by atoms with E-state index in [0.717, 1.165) is 0 Å². The van der Waals surface area contributed by atoms with Gasteiger partial charge in [0.25, 0.3) is 11.8 Å². The van der Waals surface area contributed by atoms with Gasteiger partial charge in [-0.05, 0) is 98.9 Å². The van der Waals surface area contributed by atoms with E-state index in [0.29, 0.717) is 134 Å². The van der Waals surface area contributed by atoms with Crippen molar-refractivity contribution in [1.29, 1.82) is 0 Å². The molecule has 8 atom stereocenters. The minimum Gasteiger partial charge on any atom is -0.493 e. The maximum atomic E-state index is 14.8. The Labute approximate surface area is 763 Å². The SMILES string of the molecule is CC(=O)NCCOCCOCCOCCOCCOCCOCCOCCNC(=O)c1cccc(OCc2cn(CCCOc3ccc(C(C)=O)cc3C(=O)NCCCC[C@H](NC(=O)[C@H](CC(C)C)NC(=O)[C@H](Cc3ccccc3)NC(=O)[C@H](Cc3ccccc3)NC(=O)[C@H](CCC(=O)O)NC(=O)[C@H](CC(N)=O)NC(=O)[C@H](CC(=O)O)NC(=O)[C@@H](N)CCC(=O)O)C(N)=O)nn2)c1. The van der Waals surface area contributed by atoms with Crippen molar-refractivity contribution in [3.63, 3.8) is 0 Å². The van der Waals surface area contributed by atoms with Crippen LogP contribution in [0.5, 0.6) is 11.5 Å². The molecule has 0 unspecified atom stereocenters. The lowest BCUT2D eigenvalue weighted by Crippen LogP contribution is -2.61. The number of aliphatic carboxylic acids is 3. The summed E-state index contributed by atoms with van der Waals surface area (Å²) in [5.74, 6) is -15.4. The first-order valence-corrected chi connectivity index (χ1v) is 43.2. The lowest BCUT2D eigenvalue weighted by Gasteiger charge is -2.28. The Hall–Kier alpha value is -13.0. The number of Topliss-reactive ketones (excluding diaryl/α,β-unsaturated/α-hetero) is 1. The van der Waals surface area contributed by atoms with Crippen LogP contribution in [0.2, 0.25) is 0 Å². The summed E-state index contributed by atoms with van der Waals surface area (Å²) in [4.78, 5) is 209. The Morgan fingerprint density at radius 1 is 0.424 bits per heavy atom. The number of nitrogens with two attached hydrogens (primary N) is 3. The van der Waals surface area contributed by atoms with Crippen molar-refractivity contribution in [2.45, 2.75) is 173 Å². The lowest BCUT2D eigenvalue weighted by molar-refractivity contribution is -0.142. The van der Waals surface area contributed by atoms with Gasteiger partial charge >= 0.3 is 17.9 Å². The molecule has 0 aliphatic heterocycles. The molecule has 724 valence electrons. The quantitative estimate of drug-likeness (QED) is 0.0168. The Bertz CT molecular complexity index is 4510. The number of benzene rings is 4. The molecule has 5 aromatic rings. The summed E-state index contributed by atoms with van der Waals surface area (Å²) in [6, 6.07) is 14.2. The van der Waals surface area contributed by atoms with E-state index in [2.05, 4.69) is 63.5 Å². The molecular formula is C88H124N16O28. The van der Waals surface area contributed by atoms with Crippen LogP contribution in [-0.4, -0.2) is 292 Å². The van der Waals surface area contributed by atoms with Crippen LogP contribution in [0.4, 0.5) is 0 Å². The van der Waals surface area contributed by atoms with E-state index < -0.39 is 164 Å². The molecule has 19 N–H and O–H groups in total. The highest BCUT2D eigenvalue weighted by Gasteiger charge is 2.37. The van der Waals surface area contributed by atoms with Crippen LogP contribution in [-0.2, 0) is 121 Å². The van der Waals surface area contributed by atoms with Crippen LogP contribution in [0.1, 0.15) is 146 Å². The lowest BCUT2D eigenvalue weighted by atomic mass is 9.99. The molecule has 0 spiro atoms. The fraction of sp³-hybridized carbons (Fsp3) is 0.523. The zero-order valence-electron chi connectivity index (χ0n) is 74.5. The molecule has 132 heavy (non-hydrogen) atoms. The summed E-state index contributed by atoms with van der Waals surface area (Å²) in [6.45, 7) is 13.1. The van der Waals surface area contributed by atoms with Crippen molar-refractivity contribution in [1.82, 2.24) is 68.2 Å². The summed E-state index contributed by atoms with van der Waals surface area (Å²) >= 11 is 0. The highest BCUT2D eigenvalue weighted by atomic mass is 16.6. The van der Waals surface area contributed by atoms with Gasteiger partial charge in [-0.2, -0.15) is 0 Å². The van der Waals surface area contributed by atoms with Gasteiger partial charge in [-0.3, -0.25) is 81.4 Å². The van der Waals surface area contributed by atoms with Gasteiger partial charge in [-0.15, -0.1) is 5.10 Å². The minimum absolute atomic E-state index is 0.0110. The third-order valence-electron chi connectivity index (χ3n) is 19.2. The topological polar surface area (TPSA) is 646 Å². The van der Waals surface area contributed by atoms with Crippen LogP contribution in [0.15, 0.2) is 109 Å². The maximum Gasteiger partial charge on any atom is 0.305 e. The van der Waals surface area contributed by atoms with Crippen molar-refractivity contribution in [3.8, 4) is 11.5 Å². The number of hydrogen-bond acceptors (Lipinski definition) is 28. The predicted molar refractivity (Wildman–Crippen MR) is 471 cm³/mol. The fourth-order valence-corrected chi connectivity index (χ4v) is 12.4. The number of rotatable bonds is 71. The van der Waals surface area contributed by atoms with Crippen molar-refractivity contribution in [3.05, 3.63) is 143 Å². The summed E-state index contributed by atoms with van der Waals surface area (Å²) in [7, 11) is 0. The van der Waals surface area contributed by atoms with E-state index in [1.165, 1.54) is 32.0 Å². The Balaban J connectivity index is 1.09. The number of hydrogen-bond donors (Lipinski definition) is 16. The van der Waals surface area contributed by atoms with Crippen LogP contribution in [0.3, 0.4) is 0 Å². The number of nitrogens with zero attached hydrogens (tertiary/aromatic N) is 3. The van der Waals surface area contributed by atoms with Gasteiger partial charge in [0.1, 0.15) is 66.1 Å². The van der Waals surface area contributed by atoms with Crippen molar-refractivity contribution in [2.75, 3.05) is 119 Å². The van der Waals surface area contributed by atoms with Crippen molar-refractivity contribution in [2.24, 2.45) is 23.1 Å². The van der Waals surface area contributed by atoms with E-state index >= 15 is 0 Å². The number of ketones is 1. The molecule has 44 heteroatoms. The standard InChI is InChI=1S/C88H124N16O28/c1-56(2)47-69(98-85(120)71(49-60-17-9-6-10-18-60)100-86(121)70(48-59-15-7-5-8-16-59)99-83(118)68(24-27-77(110)111)96-87(122)72(52-75(90)107)101-88(123)73(53-78(112)113)97-82(117)66(89)23-26-76(108)109)84(119)95-67(79(91)114)21-11-12-28-93-81(116)65-51-61(57(3)105)22-25-74(65)131-32-14-31-104-54-63(102-103-104)55-132-64-20-13-19-62(50-64)80(115)94-30-34-125-36-38-127-40-42-129-44-46-130-45-43-128-41-39-126-37-35-124-33-29-92-58(4)106/h5-10,13,15-20,22,25,50-51,54,56,66-73H,11-12,14,21,23-24,26-49,52-53,55,89H2,1-4H3,(H2,90,107)(H2,91,114)(H,92,106)(H,93,116)(H,94,115)(H,95,119)(H,96,122)(H,97,117)(H,98,120)(H,99,118)(H,100,121)(H,101,123)(H,108,109)(H,110,111)(H,112,113)/t66-,67-,68-,69-,70-,71-,72-,73-/m0/s1. The zero-order chi connectivity index (χ0) is 96.5. The molecule has 44 nitrogen and oxygen atoms in total. The van der Waals surface area contributed by atoms with Gasteiger partial charge in [0.2, 0.25) is 59.1 Å². The average molecular weight is 1850 g/mol. The largest absolute Gasteiger partial charge is 0.493 e. The zero-order valence-corrected chi connectivity index (χ0v) is 74.5. The number of ether oxygens (including phenoxy) is 9. The minimum atomic E-state index is -2.03. The predicted octanol–water partition coefficient (Wildman–Crippen LogP) is -0.772. The van der Waals surface area contributed by atoms with Gasteiger partial charge in [0, 0.05) is 76.3 Å². The molecule has 5 rings (SSSR count). The molecule has 0 radical (unpaired) electrons. The Morgan fingerprint density at radius 2 is 0.894 bits per heavy atom. The maximum absolute atomic E-state index is 14.8. The van der Waals surface area contributed by atoms with Gasteiger partial charge in [0.05, 0.1) is 130 Å². The smallest absolute Gasteiger partial charge is 0.305 e. The second-order valence-electron chi connectivity index (χ2n) is 30.6. The molecule has 1 aromatic heterocycles. The number of carbonyl (C=O) groups excluding carboxylic acids is 13. The van der Waals surface area contributed by atoms with Gasteiger partial charge in [-0.1, -0.05) is 85.8 Å². The molecule has 4 aromatic carbocycles. The van der Waals surface area contributed by atoms with Crippen LogP contribution >= 0.6 is 0 Å². The monoisotopic (exact) mass is 1850 g/mol. The number of carbonyl (C=O) groups is 16. The van der Waals surface area contributed by atoms with Gasteiger partial charge < -0.3 is 128 Å². The second-order valence-corrected chi connectivity index (χ2v) is 30.6. The van der Waals surface area contributed by atoms with E-state index in [1.54, 1.807) is 110 Å². The first kappa shape index (κ1) is 110. The molecule has 0 aliphatic rings. The molecule has 0 aliphatic carbocycles. The molecular weight excluding hydrogens is 1730 g/mol. The summed E-state index contributed by atoms with van der Waals surface area (Å²) in [5.41, 5.74) is 19.2. The Morgan fingerprint density at radius 3 is 1.41 bits per heavy atom. The number of nitrogens with one attached hydrogen (secondary N) is 10. The van der Waals surface area contributed by atoms with Crippen LogP contribution in [0.25, 0.3) is 0 Å². The van der Waals surface area contributed by atoms with E-state index in [4.69, 9.17) is 64.9 Å². The number of unbranched alkanes of at least 4 members (excludes halogenated alkanes) is 1. The number of aromatic nitrogens is 3. The fourth-order valence-electron chi connectivity index (χ4n) is 12.4. The number of amides is 12. The molecule has 0 bridgehead atoms. The summed E-state index contributed by atoms with van der Waals surface area (Å²) in [5, 5.41) is 62.0. The molecule has 1 heterocycles. The van der Waals surface area contributed by atoms with Gasteiger partial charge in [0.15, 0.2) is 5.78 Å². The van der Waals surface area contributed by atoms with Gasteiger partial charge in [-0.25, -0.2) is 0 Å². The summed E-state index contributed by atoms with van der Waals surface area (Å²) in [6.07, 6.45) is -2.63. The number of aryl methyl sites for hydroxylation is 1. The van der Waals surface area contributed by atoms with Crippen molar-refractivity contribution >= 4 is 94.6 Å². The third-order valence-corrected chi connectivity index (χ3v) is 19.2. The number of carboxylic acids is 3. The van der Waals surface area contributed by atoms with Crippen LogP contribution < -0.4 is 79.8 Å². The van der Waals surface area contributed by atoms with E-state index in [9.17, 15) is 86.9 Å². The summed E-state index contributed by atoms with van der Waals surface area (Å²) < 4.78 is 52.0.